The largest absolute Gasteiger partial charge is 0.416 e. The maximum absolute atomic E-state index is 12.8. The normalized spacial score (nSPS) is 13.0. The summed E-state index contributed by atoms with van der Waals surface area (Å²) in [6, 6.07) is 0.827. The molecule has 142 valence electrons. The number of nitrogens with zero attached hydrogens (tertiary/aromatic N) is 1. The topological polar surface area (TPSA) is 96.0 Å². The molecule has 1 aromatic rings. The number of alkyl halides is 6. The van der Waals surface area contributed by atoms with E-state index in [2.05, 4.69) is 0 Å². The first-order valence-electron chi connectivity index (χ1n) is 7.13. The molecule has 0 unspecified atom stereocenters. The maximum atomic E-state index is 12.8. The summed E-state index contributed by atoms with van der Waals surface area (Å²) in [4.78, 5) is 23.3. The van der Waals surface area contributed by atoms with Crippen molar-refractivity contribution in [3.05, 3.63) is 34.9 Å². The molecule has 11 heteroatoms. The van der Waals surface area contributed by atoms with Crippen LogP contribution in [0.3, 0.4) is 0 Å². The Morgan fingerprint density at radius 2 is 1.58 bits per heavy atom. The summed E-state index contributed by atoms with van der Waals surface area (Å²) in [6.45, 7) is 0. The van der Waals surface area contributed by atoms with Crippen LogP contribution in [0, 0.1) is 11.3 Å². The molecule has 0 radical (unpaired) electrons. The number of rotatable bonds is 6. The first-order chi connectivity index (χ1) is 11.9. The number of hydrogen-bond donors (Lipinski definition) is 2. The lowest BCUT2D eigenvalue weighted by atomic mass is 10.0. The second-order valence-electron chi connectivity index (χ2n) is 5.27. The van der Waals surface area contributed by atoms with E-state index in [0.29, 0.717) is 0 Å². The van der Waals surface area contributed by atoms with Crippen LogP contribution in [0.25, 0.3) is 0 Å². The van der Waals surface area contributed by atoms with E-state index < -0.39 is 46.9 Å². The number of carbonyl (C=O) groups excluding carboxylic acids is 2. The number of halogens is 6. The number of hydrogen-bond acceptors (Lipinski definition) is 3. The monoisotopic (exact) mass is 381 g/mol. The molecule has 5 nitrogen and oxygen atoms in total. The van der Waals surface area contributed by atoms with E-state index in [9.17, 15) is 35.9 Å². The van der Waals surface area contributed by atoms with Crippen LogP contribution in [0.4, 0.5) is 26.3 Å². The van der Waals surface area contributed by atoms with Crippen LogP contribution in [-0.2, 0) is 17.1 Å². The van der Waals surface area contributed by atoms with Gasteiger partial charge in [0.2, 0.25) is 5.91 Å². The van der Waals surface area contributed by atoms with Crippen LogP contribution in [0.15, 0.2) is 18.2 Å². The fraction of sp³-hybridized carbons (Fsp3) is 0.400. The van der Waals surface area contributed by atoms with Crippen molar-refractivity contribution < 1.29 is 35.9 Å². The van der Waals surface area contributed by atoms with Gasteiger partial charge in [-0.25, -0.2) is 0 Å². The lowest BCUT2D eigenvalue weighted by Gasteiger charge is -2.17. The summed E-state index contributed by atoms with van der Waals surface area (Å²) in [7, 11) is 0. The fourth-order valence-electron chi connectivity index (χ4n) is 2.00. The minimum atomic E-state index is -5.10. The molecule has 0 aliphatic carbocycles. The second kappa shape index (κ2) is 8.07. The first-order valence-corrected chi connectivity index (χ1v) is 7.13. The lowest BCUT2D eigenvalue weighted by molar-refractivity contribution is -0.143. The number of nitrogens with two attached hydrogens (primary N) is 1. The quantitative estimate of drug-likeness (QED) is 0.586. The number of nitriles is 1. The van der Waals surface area contributed by atoms with Gasteiger partial charge in [0.25, 0.3) is 5.91 Å². The average Bonchev–Trinajstić information content (AvgIpc) is 2.51. The van der Waals surface area contributed by atoms with Crippen LogP contribution in [-0.4, -0.2) is 17.9 Å². The van der Waals surface area contributed by atoms with Crippen molar-refractivity contribution in [3.8, 4) is 6.07 Å². The molecule has 1 atom stereocenters. The van der Waals surface area contributed by atoms with Gasteiger partial charge in [-0.05, 0) is 31.0 Å². The fourth-order valence-corrected chi connectivity index (χ4v) is 2.00. The highest BCUT2D eigenvalue weighted by Crippen LogP contribution is 2.36. The molecule has 0 bridgehead atoms. The van der Waals surface area contributed by atoms with Crippen LogP contribution < -0.4 is 11.1 Å². The van der Waals surface area contributed by atoms with Gasteiger partial charge in [-0.15, -0.1) is 0 Å². The van der Waals surface area contributed by atoms with Gasteiger partial charge in [-0.2, -0.15) is 31.6 Å². The zero-order chi connectivity index (χ0) is 20.1. The van der Waals surface area contributed by atoms with E-state index in [4.69, 9.17) is 11.0 Å². The molecule has 0 saturated heterocycles. The third kappa shape index (κ3) is 5.94. The highest BCUT2D eigenvalue weighted by atomic mass is 19.4. The van der Waals surface area contributed by atoms with Gasteiger partial charge in [0.1, 0.15) is 6.04 Å². The maximum Gasteiger partial charge on any atom is 0.416 e. The summed E-state index contributed by atoms with van der Waals surface area (Å²) < 4.78 is 76.8. The molecule has 1 rings (SSSR count). The van der Waals surface area contributed by atoms with Crippen molar-refractivity contribution >= 4 is 11.8 Å². The van der Waals surface area contributed by atoms with Crippen molar-refractivity contribution in [1.82, 2.24) is 5.32 Å². The zero-order valence-electron chi connectivity index (χ0n) is 13.0. The highest BCUT2D eigenvalue weighted by Gasteiger charge is 2.37. The van der Waals surface area contributed by atoms with Crippen LogP contribution in [0.1, 0.15) is 40.7 Å². The number of nitrogens with one attached hydrogen (secondary N) is 1. The molecule has 26 heavy (non-hydrogen) atoms. The third-order valence-electron chi connectivity index (χ3n) is 3.28. The average molecular weight is 381 g/mol. The molecule has 0 saturated carbocycles. The first kappa shape index (κ1) is 21.3. The van der Waals surface area contributed by atoms with Crippen molar-refractivity contribution in [2.45, 2.75) is 37.7 Å². The summed E-state index contributed by atoms with van der Waals surface area (Å²) in [5, 5.41) is 10.4. The summed E-state index contributed by atoms with van der Waals surface area (Å²) in [5.41, 5.74) is 0.819. The van der Waals surface area contributed by atoms with Crippen molar-refractivity contribution in [3.63, 3.8) is 0 Å². The molecule has 0 fully saturated rings. The molecule has 0 aliphatic rings. The predicted molar refractivity (Wildman–Crippen MR) is 76.4 cm³/mol. The molecule has 2 amide bonds. The Morgan fingerprint density at radius 3 is 1.96 bits per heavy atom. The highest BCUT2D eigenvalue weighted by molar-refractivity contribution is 5.97. The number of primary amides is 1. The Hall–Kier alpha value is -2.77. The zero-order valence-corrected chi connectivity index (χ0v) is 13.0. The van der Waals surface area contributed by atoms with Gasteiger partial charge in [-0.3, -0.25) is 9.59 Å². The Bertz CT molecular complexity index is 689. The minimum absolute atomic E-state index is 0.0292. The van der Waals surface area contributed by atoms with E-state index in [1.54, 1.807) is 6.07 Å². The molecule has 0 heterocycles. The molecule has 0 aliphatic heterocycles. The van der Waals surface area contributed by atoms with Gasteiger partial charge >= 0.3 is 12.4 Å². The Morgan fingerprint density at radius 1 is 1.08 bits per heavy atom. The Labute approximate surface area is 143 Å². The van der Waals surface area contributed by atoms with Crippen LogP contribution in [0.5, 0.6) is 0 Å². The third-order valence-corrected chi connectivity index (χ3v) is 3.28. The van der Waals surface area contributed by atoms with Crippen molar-refractivity contribution in [1.29, 1.82) is 5.26 Å². The Kier molecular flexibility index (Phi) is 6.60. The van der Waals surface area contributed by atoms with Crippen LogP contribution in [0.2, 0.25) is 0 Å². The van der Waals surface area contributed by atoms with Crippen LogP contribution >= 0.6 is 0 Å². The second-order valence-corrected chi connectivity index (χ2v) is 5.27. The van der Waals surface area contributed by atoms with E-state index in [1.165, 1.54) is 0 Å². The molecule has 0 spiro atoms. The molecule has 0 aromatic heterocycles. The van der Waals surface area contributed by atoms with Crippen molar-refractivity contribution in [2.75, 3.05) is 0 Å². The Balaban J connectivity index is 3.17. The van der Waals surface area contributed by atoms with E-state index in [-0.39, 0.29) is 37.5 Å². The van der Waals surface area contributed by atoms with Gasteiger partial charge in [-0.1, -0.05) is 0 Å². The van der Waals surface area contributed by atoms with Gasteiger partial charge in [0.15, 0.2) is 0 Å². The summed E-state index contributed by atoms with van der Waals surface area (Å²) in [6.07, 6.45) is -10.1. The number of unbranched alkanes of at least 4 members (excludes halogenated alkanes) is 1. The number of carbonyl (C=O) groups is 2. The summed E-state index contributed by atoms with van der Waals surface area (Å²) >= 11 is 0. The number of amides is 2. The van der Waals surface area contributed by atoms with E-state index >= 15 is 0 Å². The molecule has 3 N–H and O–H groups in total. The molecule has 1 aromatic carbocycles. The van der Waals surface area contributed by atoms with Gasteiger partial charge in [0, 0.05) is 12.0 Å². The molecular formula is C15H13F6N3O2. The van der Waals surface area contributed by atoms with Crippen molar-refractivity contribution in [2.24, 2.45) is 5.73 Å². The van der Waals surface area contributed by atoms with E-state index in [1.807, 2.05) is 5.32 Å². The minimum Gasteiger partial charge on any atom is -0.368 e. The SMILES string of the molecule is N#CCCC[C@@H](NC(=O)c1cc(C(F)(F)F)cc(C(F)(F)F)c1)C(N)=O. The predicted octanol–water partition coefficient (Wildman–Crippen LogP) is 3.00. The molecular weight excluding hydrogens is 368 g/mol. The standard InChI is InChI=1S/C15H13F6N3O2/c16-14(17,18)9-5-8(6-10(7-9)15(19,20)21)13(26)24-11(12(23)25)3-1-2-4-22/h5-7,11H,1-3H2,(H2,23,25)(H,24,26)/t11-/m1/s1. The number of benzene rings is 1. The van der Waals surface area contributed by atoms with Gasteiger partial charge < -0.3 is 11.1 Å². The smallest absolute Gasteiger partial charge is 0.368 e. The summed E-state index contributed by atoms with van der Waals surface area (Å²) in [5.74, 6) is -2.35. The van der Waals surface area contributed by atoms with E-state index in [0.717, 1.165) is 0 Å². The van der Waals surface area contributed by atoms with Gasteiger partial charge in [0.05, 0.1) is 17.2 Å². The lowest BCUT2D eigenvalue weighted by Crippen LogP contribution is -2.44.